The molecule has 1 atom stereocenters. The number of hydrogen-bond acceptors (Lipinski definition) is 3. The van der Waals surface area contributed by atoms with Gasteiger partial charge in [0, 0.05) is 12.2 Å². The van der Waals surface area contributed by atoms with Crippen LogP contribution in [-0.4, -0.2) is 29.3 Å². The van der Waals surface area contributed by atoms with Gasteiger partial charge < -0.3 is 10.2 Å². The van der Waals surface area contributed by atoms with E-state index >= 15 is 0 Å². The van der Waals surface area contributed by atoms with Gasteiger partial charge in [-0.3, -0.25) is 9.59 Å². The Balaban J connectivity index is 1.15. The largest absolute Gasteiger partial charge is 0.326 e. The van der Waals surface area contributed by atoms with Crippen LogP contribution in [-0.2, 0) is 10.2 Å². The van der Waals surface area contributed by atoms with E-state index in [-0.39, 0.29) is 17.9 Å². The van der Waals surface area contributed by atoms with Crippen LogP contribution in [0, 0.1) is 17.8 Å². The number of rotatable bonds is 4. The molecule has 2 amide bonds. The summed E-state index contributed by atoms with van der Waals surface area (Å²) in [4.78, 5) is 28.2. The van der Waals surface area contributed by atoms with Crippen molar-refractivity contribution >= 4 is 28.8 Å². The van der Waals surface area contributed by atoms with Crippen molar-refractivity contribution in [2.24, 2.45) is 17.8 Å². The molecular weight excluding hydrogens is 404 g/mol. The van der Waals surface area contributed by atoms with Crippen LogP contribution < -0.4 is 5.32 Å². The van der Waals surface area contributed by atoms with Crippen LogP contribution in [0.1, 0.15) is 66.6 Å². The number of nitrogens with zero attached hydrogens (tertiary/aromatic N) is 1. The molecule has 0 radical (unpaired) electrons. The third kappa shape index (κ3) is 3.42. The summed E-state index contributed by atoms with van der Waals surface area (Å²) >= 11 is 1.44. The molecule has 1 aromatic heterocycles. The molecule has 4 saturated carbocycles. The van der Waals surface area contributed by atoms with Gasteiger partial charge in [-0.05, 0) is 104 Å². The third-order valence-electron chi connectivity index (χ3n) is 8.35. The van der Waals surface area contributed by atoms with Crippen LogP contribution in [0.5, 0.6) is 0 Å². The number of nitrogens with one attached hydrogen (secondary N) is 1. The summed E-state index contributed by atoms with van der Waals surface area (Å²) in [6.45, 7) is 0.653. The predicted octanol–water partition coefficient (Wildman–Crippen LogP) is 5.46. The molecule has 7 rings (SSSR count). The Morgan fingerprint density at radius 1 is 0.968 bits per heavy atom. The van der Waals surface area contributed by atoms with Crippen molar-refractivity contribution in [1.82, 2.24) is 4.90 Å². The SMILES string of the molecule is O=C(Nc1ccc(C23CC4CC(CC(C4)C2)C3)cc1)[C@H]1CCCN1C(=O)c1cccs1. The van der Waals surface area contributed by atoms with Crippen molar-refractivity contribution in [3.8, 4) is 0 Å². The number of carbonyl (C=O) groups is 2. The van der Waals surface area contributed by atoms with E-state index in [0.29, 0.717) is 16.8 Å². The van der Waals surface area contributed by atoms with Crippen LogP contribution >= 0.6 is 11.3 Å². The first-order valence-corrected chi connectivity index (χ1v) is 12.7. The molecule has 2 aromatic rings. The molecule has 1 saturated heterocycles. The lowest BCUT2D eigenvalue weighted by molar-refractivity contribution is -0.119. The molecule has 0 unspecified atom stereocenters. The lowest BCUT2D eigenvalue weighted by Crippen LogP contribution is -2.48. The molecule has 5 fully saturated rings. The van der Waals surface area contributed by atoms with Gasteiger partial charge in [-0.15, -0.1) is 11.3 Å². The van der Waals surface area contributed by atoms with Crippen LogP contribution in [0.3, 0.4) is 0 Å². The highest BCUT2D eigenvalue weighted by Gasteiger charge is 2.51. The average Bonchev–Trinajstić information content (AvgIpc) is 3.45. The Morgan fingerprint density at radius 3 is 2.26 bits per heavy atom. The fraction of sp³-hybridized carbons (Fsp3) is 0.538. The van der Waals surface area contributed by atoms with E-state index in [1.807, 2.05) is 17.5 Å². The molecule has 4 nitrogen and oxygen atoms in total. The standard InChI is InChI=1S/C26H30N2O2S/c29-24(22-3-1-9-28(22)25(30)23-4-2-10-31-23)27-21-7-5-20(6-8-21)26-14-17-11-18(15-26)13-19(12-17)16-26/h2,4-8,10,17-19,22H,1,3,9,11-16H2,(H,27,29)/t17?,18?,19?,22-,26?/m1/s1. The Kier molecular flexibility index (Phi) is 4.71. The van der Waals surface area contributed by atoms with Gasteiger partial charge in [0.25, 0.3) is 5.91 Å². The van der Waals surface area contributed by atoms with E-state index in [1.165, 1.54) is 55.4 Å². The number of benzene rings is 1. The van der Waals surface area contributed by atoms with E-state index in [9.17, 15) is 9.59 Å². The van der Waals surface area contributed by atoms with E-state index in [4.69, 9.17) is 0 Å². The molecule has 4 bridgehead atoms. The zero-order valence-corrected chi connectivity index (χ0v) is 18.7. The maximum atomic E-state index is 13.0. The van der Waals surface area contributed by atoms with E-state index in [1.54, 1.807) is 4.90 Å². The third-order valence-corrected chi connectivity index (χ3v) is 9.21. The summed E-state index contributed by atoms with van der Waals surface area (Å²) < 4.78 is 0. The highest BCUT2D eigenvalue weighted by Crippen LogP contribution is 2.60. The molecule has 1 N–H and O–H groups in total. The molecule has 2 heterocycles. The van der Waals surface area contributed by atoms with E-state index in [0.717, 1.165) is 36.3 Å². The summed E-state index contributed by atoms with van der Waals surface area (Å²) in [6, 6.07) is 12.0. The van der Waals surface area contributed by atoms with Crippen molar-refractivity contribution in [3.05, 3.63) is 52.2 Å². The number of carbonyl (C=O) groups excluding carboxylic acids is 2. The molecule has 5 aliphatic rings. The van der Waals surface area contributed by atoms with Gasteiger partial charge >= 0.3 is 0 Å². The first kappa shape index (κ1) is 19.5. The Hall–Kier alpha value is -2.14. The second-order valence-corrected chi connectivity index (χ2v) is 11.3. The van der Waals surface area contributed by atoms with Gasteiger partial charge in [-0.1, -0.05) is 18.2 Å². The first-order valence-electron chi connectivity index (χ1n) is 11.9. The first-order chi connectivity index (χ1) is 15.1. The minimum absolute atomic E-state index is 0.0233. The number of hydrogen-bond donors (Lipinski definition) is 1. The predicted molar refractivity (Wildman–Crippen MR) is 123 cm³/mol. The number of likely N-dealkylation sites (tertiary alicyclic amines) is 1. The van der Waals surface area contributed by atoms with E-state index in [2.05, 4.69) is 29.6 Å². The molecular formula is C26H30N2O2S. The van der Waals surface area contributed by atoms with Gasteiger partial charge in [0.2, 0.25) is 5.91 Å². The minimum Gasteiger partial charge on any atom is -0.326 e. The lowest BCUT2D eigenvalue weighted by atomic mass is 9.48. The van der Waals surface area contributed by atoms with Crippen molar-refractivity contribution in [3.63, 3.8) is 0 Å². The van der Waals surface area contributed by atoms with Crippen LogP contribution in [0.2, 0.25) is 0 Å². The summed E-state index contributed by atoms with van der Waals surface area (Å²) in [5.74, 6) is 2.70. The van der Waals surface area contributed by atoms with Crippen molar-refractivity contribution in [2.75, 3.05) is 11.9 Å². The summed E-state index contributed by atoms with van der Waals surface area (Å²) in [5, 5.41) is 4.99. The van der Waals surface area contributed by atoms with E-state index < -0.39 is 0 Å². The Bertz CT molecular complexity index is 946. The Morgan fingerprint density at radius 2 is 1.65 bits per heavy atom. The second kappa shape index (κ2) is 7.47. The van der Waals surface area contributed by atoms with Crippen molar-refractivity contribution in [1.29, 1.82) is 0 Å². The fourth-order valence-electron chi connectivity index (χ4n) is 7.42. The Labute approximate surface area is 188 Å². The van der Waals surface area contributed by atoms with Gasteiger partial charge in [0.15, 0.2) is 0 Å². The quantitative estimate of drug-likeness (QED) is 0.695. The molecule has 1 aliphatic heterocycles. The molecule has 162 valence electrons. The van der Waals surface area contributed by atoms with Gasteiger partial charge in [0.05, 0.1) is 4.88 Å². The maximum Gasteiger partial charge on any atom is 0.264 e. The number of thiophene rings is 1. The van der Waals surface area contributed by atoms with Crippen molar-refractivity contribution in [2.45, 2.75) is 62.8 Å². The molecule has 5 heteroatoms. The smallest absolute Gasteiger partial charge is 0.264 e. The zero-order chi connectivity index (χ0) is 21.0. The van der Waals surface area contributed by atoms with Gasteiger partial charge in [-0.2, -0.15) is 0 Å². The zero-order valence-electron chi connectivity index (χ0n) is 17.9. The fourth-order valence-corrected chi connectivity index (χ4v) is 8.10. The normalized spacial score (nSPS) is 33.6. The molecule has 31 heavy (non-hydrogen) atoms. The van der Waals surface area contributed by atoms with Gasteiger partial charge in [-0.25, -0.2) is 0 Å². The van der Waals surface area contributed by atoms with Crippen LogP contribution in [0.4, 0.5) is 5.69 Å². The monoisotopic (exact) mass is 434 g/mol. The topological polar surface area (TPSA) is 49.4 Å². The highest BCUT2D eigenvalue weighted by molar-refractivity contribution is 7.12. The number of anilines is 1. The maximum absolute atomic E-state index is 13.0. The lowest BCUT2D eigenvalue weighted by Gasteiger charge is -2.57. The molecule has 4 aliphatic carbocycles. The highest BCUT2D eigenvalue weighted by atomic mass is 32.1. The second-order valence-electron chi connectivity index (χ2n) is 10.4. The molecule has 1 aromatic carbocycles. The van der Waals surface area contributed by atoms with Crippen LogP contribution in [0.15, 0.2) is 41.8 Å². The van der Waals surface area contributed by atoms with Crippen molar-refractivity contribution < 1.29 is 9.59 Å². The van der Waals surface area contributed by atoms with Crippen LogP contribution in [0.25, 0.3) is 0 Å². The summed E-state index contributed by atoms with van der Waals surface area (Å²) in [7, 11) is 0. The minimum atomic E-state index is -0.377. The summed E-state index contributed by atoms with van der Waals surface area (Å²) in [5.41, 5.74) is 2.70. The summed E-state index contributed by atoms with van der Waals surface area (Å²) in [6.07, 6.45) is 10.0. The number of amides is 2. The molecule has 0 spiro atoms. The van der Waals surface area contributed by atoms with Gasteiger partial charge in [0.1, 0.15) is 6.04 Å². The average molecular weight is 435 g/mol.